The van der Waals surface area contributed by atoms with E-state index in [1.54, 1.807) is 6.26 Å². The normalized spacial score (nSPS) is 10.0. The summed E-state index contributed by atoms with van der Waals surface area (Å²) in [5.41, 5.74) is 9.72. The molecule has 0 bridgehead atoms. The Labute approximate surface area is 130 Å². The summed E-state index contributed by atoms with van der Waals surface area (Å²) in [5.74, 6) is 0.726. The summed E-state index contributed by atoms with van der Waals surface area (Å²) in [6.45, 7) is 0. The lowest BCUT2D eigenvalue weighted by atomic mass is 9.99. The number of ether oxygens (including phenoxy) is 1. The fraction of sp³-hybridized carbons (Fsp3) is 0. The van der Waals surface area contributed by atoms with Crippen LogP contribution in [-0.4, -0.2) is 0 Å². The quantitative estimate of drug-likeness (QED) is 0.556. The molecule has 0 saturated heterocycles. The van der Waals surface area contributed by atoms with Gasteiger partial charge in [-0.05, 0) is 23.3 Å². The molecule has 0 aliphatic heterocycles. The van der Waals surface area contributed by atoms with E-state index in [4.69, 9.17) is 10.5 Å². The smallest absolute Gasteiger partial charge is 0.128 e. The van der Waals surface area contributed by atoms with Gasteiger partial charge in [0.1, 0.15) is 5.75 Å². The lowest BCUT2D eigenvalue weighted by Crippen LogP contribution is -1.92. The van der Waals surface area contributed by atoms with Gasteiger partial charge >= 0.3 is 0 Å². The second kappa shape index (κ2) is 6.64. The van der Waals surface area contributed by atoms with Crippen molar-refractivity contribution in [2.45, 2.75) is 0 Å². The molecule has 108 valence electrons. The Hall–Kier alpha value is -3.00. The van der Waals surface area contributed by atoms with Crippen molar-refractivity contribution in [3.63, 3.8) is 0 Å². The molecule has 3 rings (SSSR count). The highest BCUT2D eigenvalue weighted by Crippen LogP contribution is 2.24. The second-order valence-corrected chi connectivity index (χ2v) is 4.95. The third-order valence-corrected chi connectivity index (χ3v) is 3.34. The highest BCUT2D eigenvalue weighted by atomic mass is 16.5. The summed E-state index contributed by atoms with van der Waals surface area (Å²) >= 11 is 0. The Kier molecular flexibility index (Phi) is 4.21. The van der Waals surface area contributed by atoms with Gasteiger partial charge in [0.25, 0.3) is 0 Å². The molecule has 2 nitrogen and oxygen atoms in total. The minimum Gasteiger partial charge on any atom is -0.464 e. The SMILES string of the molecule is Nc1cccc(OC=C(c2ccccc2)c2ccccc2)c1. The van der Waals surface area contributed by atoms with E-state index in [1.807, 2.05) is 60.7 Å². The summed E-state index contributed by atoms with van der Waals surface area (Å²) in [4.78, 5) is 0. The van der Waals surface area contributed by atoms with Crippen molar-refractivity contribution in [3.8, 4) is 5.75 Å². The molecular weight excluding hydrogens is 270 g/mol. The summed E-state index contributed by atoms with van der Waals surface area (Å²) in [6.07, 6.45) is 1.78. The molecule has 0 amide bonds. The van der Waals surface area contributed by atoms with E-state index < -0.39 is 0 Å². The maximum Gasteiger partial charge on any atom is 0.128 e. The van der Waals surface area contributed by atoms with Crippen LogP contribution in [0, 0.1) is 0 Å². The minimum absolute atomic E-state index is 0.687. The third kappa shape index (κ3) is 3.36. The van der Waals surface area contributed by atoms with E-state index in [-0.39, 0.29) is 0 Å². The maximum atomic E-state index is 5.82. The average molecular weight is 287 g/mol. The molecule has 0 spiro atoms. The zero-order chi connectivity index (χ0) is 15.2. The topological polar surface area (TPSA) is 35.2 Å². The first-order valence-electron chi connectivity index (χ1n) is 7.16. The fourth-order valence-electron chi connectivity index (χ4n) is 2.25. The summed E-state index contributed by atoms with van der Waals surface area (Å²) in [5, 5.41) is 0. The van der Waals surface area contributed by atoms with Crippen LogP contribution in [0.15, 0.2) is 91.2 Å². The molecule has 0 unspecified atom stereocenters. The van der Waals surface area contributed by atoms with E-state index in [1.165, 1.54) is 0 Å². The lowest BCUT2D eigenvalue weighted by Gasteiger charge is -2.09. The van der Waals surface area contributed by atoms with Gasteiger partial charge in [0.2, 0.25) is 0 Å². The van der Waals surface area contributed by atoms with Crippen LogP contribution in [0.25, 0.3) is 5.57 Å². The molecule has 0 aliphatic carbocycles. The molecule has 0 aromatic heterocycles. The van der Waals surface area contributed by atoms with E-state index in [0.717, 1.165) is 22.4 Å². The predicted octanol–water partition coefficient (Wildman–Crippen LogP) is 4.74. The highest BCUT2D eigenvalue weighted by molar-refractivity contribution is 5.79. The van der Waals surface area contributed by atoms with Gasteiger partial charge in [0, 0.05) is 17.3 Å². The van der Waals surface area contributed by atoms with Gasteiger partial charge in [-0.1, -0.05) is 66.7 Å². The van der Waals surface area contributed by atoms with Crippen LogP contribution in [-0.2, 0) is 0 Å². The van der Waals surface area contributed by atoms with E-state index in [0.29, 0.717) is 5.69 Å². The first-order chi connectivity index (χ1) is 10.8. The minimum atomic E-state index is 0.687. The highest BCUT2D eigenvalue weighted by Gasteiger charge is 2.05. The van der Waals surface area contributed by atoms with Gasteiger partial charge in [-0.15, -0.1) is 0 Å². The zero-order valence-corrected chi connectivity index (χ0v) is 12.1. The van der Waals surface area contributed by atoms with Crippen LogP contribution in [0.5, 0.6) is 5.75 Å². The van der Waals surface area contributed by atoms with Crippen molar-refractivity contribution < 1.29 is 4.74 Å². The Morgan fingerprint density at radius 2 is 1.32 bits per heavy atom. The van der Waals surface area contributed by atoms with Crippen molar-refractivity contribution in [1.82, 2.24) is 0 Å². The maximum absolute atomic E-state index is 5.82. The molecule has 2 N–H and O–H groups in total. The second-order valence-electron chi connectivity index (χ2n) is 4.95. The van der Waals surface area contributed by atoms with Gasteiger partial charge in [-0.25, -0.2) is 0 Å². The van der Waals surface area contributed by atoms with Gasteiger partial charge in [-0.3, -0.25) is 0 Å². The molecule has 3 aromatic carbocycles. The summed E-state index contributed by atoms with van der Waals surface area (Å²) in [7, 11) is 0. The Morgan fingerprint density at radius 1 is 0.727 bits per heavy atom. The average Bonchev–Trinajstić information content (AvgIpc) is 2.57. The Morgan fingerprint density at radius 3 is 1.86 bits per heavy atom. The van der Waals surface area contributed by atoms with E-state index in [9.17, 15) is 0 Å². The summed E-state index contributed by atoms with van der Waals surface area (Å²) in [6, 6.07) is 27.8. The number of hydrogen-bond acceptors (Lipinski definition) is 2. The van der Waals surface area contributed by atoms with Crippen LogP contribution >= 0.6 is 0 Å². The van der Waals surface area contributed by atoms with Crippen molar-refractivity contribution in [1.29, 1.82) is 0 Å². The van der Waals surface area contributed by atoms with E-state index >= 15 is 0 Å². The standard InChI is InChI=1S/C20H17NO/c21-18-12-7-13-19(14-18)22-15-20(16-8-3-1-4-9-16)17-10-5-2-6-11-17/h1-15H,21H2. The fourth-order valence-corrected chi connectivity index (χ4v) is 2.25. The molecule has 0 radical (unpaired) electrons. The van der Waals surface area contributed by atoms with Gasteiger partial charge in [0.15, 0.2) is 0 Å². The largest absolute Gasteiger partial charge is 0.464 e. The molecule has 22 heavy (non-hydrogen) atoms. The van der Waals surface area contributed by atoms with Crippen LogP contribution in [0.4, 0.5) is 5.69 Å². The number of benzene rings is 3. The van der Waals surface area contributed by atoms with Crippen LogP contribution in [0.1, 0.15) is 11.1 Å². The van der Waals surface area contributed by atoms with Gasteiger partial charge < -0.3 is 10.5 Å². The number of nitrogens with two attached hydrogens (primary N) is 1. The zero-order valence-electron chi connectivity index (χ0n) is 12.1. The van der Waals surface area contributed by atoms with Crippen molar-refractivity contribution in [3.05, 3.63) is 102 Å². The van der Waals surface area contributed by atoms with Crippen LogP contribution < -0.4 is 10.5 Å². The molecule has 3 aromatic rings. The Bertz CT molecular complexity index is 722. The number of hydrogen-bond donors (Lipinski definition) is 1. The van der Waals surface area contributed by atoms with E-state index in [2.05, 4.69) is 24.3 Å². The number of nitrogen functional groups attached to an aromatic ring is 1. The lowest BCUT2D eigenvalue weighted by molar-refractivity contribution is 0.484. The molecule has 0 fully saturated rings. The third-order valence-electron chi connectivity index (χ3n) is 3.34. The molecular formula is C20H17NO. The van der Waals surface area contributed by atoms with Crippen molar-refractivity contribution >= 4 is 11.3 Å². The van der Waals surface area contributed by atoms with Crippen LogP contribution in [0.2, 0.25) is 0 Å². The monoisotopic (exact) mass is 287 g/mol. The number of rotatable bonds is 4. The first-order valence-corrected chi connectivity index (χ1v) is 7.16. The van der Waals surface area contributed by atoms with Crippen molar-refractivity contribution in [2.75, 3.05) is 5.73 Å². The Balaban J connectivity index is 1.97. The van der Waals surface area contributed by atoms with Gasteiger partial charge in [0.05, 0.1) is 6.26 Å². The van der Waals surface area contributed by atoms with Crippen molar-refractivity contribution in [2.24, 2.45) is 0 Å². The molecule has 0 atom stereocenters. The summed E-state index contributed by atoms with van der Waals surface area (Å²) < 4.78 is 5.82. The molecule has 2 heteroatoms. The first kappa shape index (κ1) is 14.0. The predicted molar refractivity (Wildman–Crippen MR) is 91.4 cm³/mol. The van der Waals surface area contributed by atoms with Crippen LogP contribution in [0.3, 0.4) is 0 Å². The molecule has 0 saturated carbocycles. The molecule has 0 aliphatic rings. The van der Waals surface area contributed by atoms with Gasteiger partial charge in [-0.2, -0.15) is 0 Å². The molecule has 0 heterocycles. The number of anilines is 1.